The Morgan fingerprint density at radius 1 is 1.56 bits per heavy atom. The largest absolute Gasteiger partial charge is 0.479 e. The molecule has 0 saturated heterocycles. The zero-order valence-corrected chi connectivity index (χ0v) is 9.07. The van der Waals surface area contributed by atoms with Crippen LogP contribution in [-0.2, 0) is 16.1 Å². The maximum absolute atomic E-state index is 12.8. The third kappa shape index (κ3) is 2.93. The molecule has 1 aromatic carbocycles. The smallest absolute Gasteiger partial charge is 0.346 e. The van der Waals surface area contributed by atoms with Crippen LogP contribution in [0.3, 0.4) is 0 Å². The molecule has 0 aliphatic rings. The lowest BCUT2D eigenvalue weighted by atomic mass is 10.2. The molecule has 1 aromatic rings. The molecule has 5 heteroatoms. The van der Waals surface area contributed by atoms with Crippen molar-refractivity contribution in [1.82, 2.24) is 0 Å². The summed E-state index contributed by atoms with van der Waals surface area (Å²) < 4.78 is 22.6. The van der Waals surface area contributed by atoms with E-state index in [-0.39, 0.29) is 17.9 Å². The normalized spacial score (nSPS) is 12.0. The van der Waals surface area contributed by atoms with E-state index in [1.807, 2.05) is 0 Å². The van der Waals surface area contributed by atoms with Gasteiger partial charge in [0.05, 0.1) is 13.7 Å². The lowest BCUT2D eigenvalue weighted by Gasteiger charge is -2.14. The Kier molecular flexibility index (Phi) is 4.25. The number of benzene rings is 1. The minimum Gasteiger partial charge on any atom is -0.479 e. The van der Waals surface area contributed by atoms with E-state index in [2.05, 4.69) is 4.74 Å². The van der Waals surface area contributed by atoms with Crippen molar-refractivity contribution < 1.29 is 23.8 Å². The van der Waals surface area contributed by atoms with Gasteiger partial charge < -0.3 is 14.6 Å². The Bertz CT molecular complexity index is 378. The fourth-order valence-corrected chi connectivity index (χ4v) is 1.19. The summed E-state index contributed by atoms with van der Waals surface area (Å²) in [5.74, 6) is -0.739. The second kappa shape index (κ2) is 5.46. The van der Waals surface area contributed by atoms with Crippen molar-refractivity contribution in [2.75, 3.05) is 7.11 Å². The van der Waals surface area contributed by atoms with Gasteiger partial charge in [-0.25, -0.2) is 9.18 Å². The van der Waals surface area contributed by atoms with Crippen molar-refractivity contribution in [3.63, 3.8) is 0 Å². The number of rotatable bonds is 4. The molecule has 4 nitrogen and oxygen atoms in total. The van der Waals surface area contributed by atoms with Crippen LogP contribution in [0.25, 0.3) is 0 Å². The number of ether oxygens (including phenoxy) is 2. The van der Waals surface area contributed by atoms with Gasteiger partial charge in [0, 0.05) is 5.56 Å². The van der Waals surface area contributed by atoms with Crippen molar-refractivity contribution in [3.05, 3.63) is 29.6 Å². The average molecular weight is 228 g/mol. The topological polar surface area (TPSA) is 55.8 Å². The number of esters is 1. The van der Waals surface area contributed by atoms with Crippen LogP contribution in [-0.4, -0.2) is 24.3 Å². The van der Waals surface area contributed by atoms with Gasteiger partial charge in [-0.1, -0.05) is 0 Å². The predicted molar refractivity (Wildman–Crippen MR) is 54.4 cm³/mol. The van der Waals surface area contributed by atoms with Crippen molar-refractivity contribution in [2.45, 2.75) is 19.6 Å². The maximum Gasteiger partial charge on any atom is 0.346 e. The first-order chi connectivity index (χ1) is 7.58. The van der Waals surface area contributed by atoms with Crippen LogP contribution in [0, 0.1) is 5.82 Å². The first kappa shape index (κ1) is 12.4. The number of methoxy groups -OCH3 is 1. The molecule has 0 fully saturated rings. The van der Waals surface area contributed by atoms with Crippen LogP contribution in [0.5, 0.6) is 5.75 Å². The Balaban J connectivity index is 2.84. The Labute approximate surface area is 92.6 Å². The van der Waals surface area contributed by atoms with Gasteiger partial charge in [0.2, 0.25) is 0 Å². The maximum atomic E-state index is 12.8. The molecule has 0 bridgehead atoms. The first-order valence-electron chi connectivity index (χ1n) is 4.72. The molecule has 0 spiro atoms. The summed E-state index contributed by atoms with van der Waals surface area (Å²) in [5.41, 5.74) is 0.288. The average Bonchev–Trinajstić information content (AvgIpc) is 2.30. The number of aliphatic hydroxyl groups is 1. The molecule has 1 atom stereocenters. The molecule has 0 aliphatic carbocycles. The third-order valence-corrected chi connectivity index (χ3v) is 2.03. The van der Waals surface area contributed by atoms with E-state index in [1.165, 1.54) is 26.2 Å². The van der Waals surface area contributed by atoms with Crippen LogP contribution in [0.15, 0.2) is 18.2 Å². The van der Waals surface area contributed by atoms with Gasteiger partial charge in [0.25, 0.3) is 0 Å². The Morgan fingerprint density at radius 2 is 2.25 bits per heavy atom. The van der Waals surface area contributed by atoms with Crippen LogP contribution in [0.1, 0.15) is 12.5 Å². The number of carbonyl (C=O) groups is 1. The molecular weight excluding hydrogens is 215 g/mol. The van der Waals surface area contributed by atoms with Crippen LogP contribution in [0.4, 0.5) is 4.39 Å². The molecule has 0 saturated carbocycles. The zero-order chi connectivity index (χ0) is 12.1. The zero-order valence-electron chi connectivity index (χ0n) is 9.07. The molecule has 0 aliphatic heterocycles. The minimum absolute atomic E-state index is 0.266. The summed E-state index contributed by atoms with van der Waals surface area (Å²) in [6.07, 6.45) is -0.805. The molecule has 88 valence electrons. The van der Waals surface area contributed by atoms with Crippen LogP contribution >= 0.6 is 0 Å². The number of carbonyl (C=O) groups excluding carboxylic acids is 1. The highest BCUT2D eigenvalue weighted by molar-refractivity contribution is 5.74. The van der Waals surface area contributed by atoms with Crippen molar-refractivity contribution in [1.29, 1.82) is 0 Å². The molecule has 0 aromatic heterocycles. The van der Waals surface area contributed by atoms with Gasteiger partial charge in [-0.15, -0.1) is 0 Å². The molecule has 0 heterocycles. The minimum atomic E-state index is -0.805. The molecule has 1 N–H and O–H groups in total. The number of halogens is 1. The fourth-order valence-electron chi connectivity index (χ4n) is 1.19. The predicted octanol–water partition coefficient (Wildman–Crippen LogP) is 1.26. The summed E-state index contributed by atoms with van der Waals surface area (Å²) in [6.45, 7) is 1.15. The van der Waals surface area contributed by atoms with Gasteiger partial charge in [0.15, 0.2) is 6.10 Å². The number of hydrogen-bond donors (Lipinski definition) is 1. The first-order valence-corrected chi connectivity index (χ1v) is 4.72. The van der Waals surface area contributed by atoms with Gasteiger partial charge in [-0.3, -0.25) is 0 Å². The highest BCUT2D eigenvalue weighted by Gasteiger charge is 2.16. The molecule has 0 amide bonds. The van der Waals surface area contributed by atoms with E-state index in [0.29, 0.717) is 0 Å². The summed E-state index contributed by atoms with van der Waals surface area (Å²) >= 11 is 0. The summed E-state index contributed by atoms with van der Waals surface area (Å²) in [5, 5.41) is 8.99. The summed E-state index contributed by atoms with van der Waals surface area (Å²) in [6, 6.07) is 3.71. The van der Waals surface area contributed by atoms with Gasteiger partial charge in [0.1, 0.15) is 11.6 Å². The van der Waals surface area contributed by atoms with Crippen molar-refractivity contribution in [2.24, 2.45) is 0 Å². The van der Waals surface area contributed by atoms with E-state index < -0.39 is 17.9 Å². The van der Waals surface area contributed by atoms with Crippen LogP contribution in [0.2, 0.25) is 0 Å². The number of aliphatic hydroxyl groups excluding tert-OH is 1. The van der Waals surface area contributed by atoms with Gasteiger partial charge in [-0.05, 0) is 25.1 Å². The standard InChI is InChI=1S/C11H13FO4/c1-7(11(14)15-2)16-10-4-3-9(12)5-8(10)6-13/h3-5,7,13H,6H2,1-2H3. The highest BCUT2D eigenvalue weighted by Crippen LogP contribution is 2.21. The molecule has 16 heavy (non-hydrogen) atoms. The Hall–Kier alpha value is -1.62. The van der Waals surface area contributed by atoms with Gasteiger partial charge in [-0.2, -0.15) is 0 Å². The molecule has 1 unspecified atom stereocenters. The highest BCUT2D eigenvalue weighted by atomic mass is 19.1. The fraction of sp³-hybridized carbons (Fsp3) is 0.364. The summed E-state index contributed by atoms with van der Waals surface area (Å²) in [4.78, 5) is 11.1. The molecule has 1 rings (SSSR count). The lowest BCUT2D eigenvalue weighted by molar-refractivity contribution is -0.147. The second-order valence-corrected chi connectivity index (χ2v) is 3.19. The molecular formula is C11H13FO4. The third-order valence-electron chi connectivity index (χ3n) is 2.03. The quantitative estimate of drug-likeness (QED) is 0.788. The van der Waals surface area contributed by atoms with E-state index >= 15 is 0 Å². The summed E-state index contributed by atoms with van der Waals surface area (Å²) in [7, 11) is 1.25. The second-order valence-electron chi connectivity index (χ2n) is 3.19. The SMILES string of the molecule is COC(=O)C(C)Oc1ccc(F)cc1CO. The van der Waals surface area contributed by atoms with E-state index in [0.717, 1.165) is 6.07 Å². The lowest BCUT2D eigenvalue weighted by Crippen LogP contribution is -2.25. The van der Waals surface area contributed by atoms with Gasteiger partial charge >= 0.3 is 5.97 Å². The van der Waals surface area contributed by atoms with Crippen molar-refractivity contribution >= 4 is 5.97 Å². The van der Waals surface area contributed by atoms with Crippen LogP contribution < -0.4 is 4.74 Å². The molecule has 0 radical (unpaired) electrons. The monoisotopic (exact) mass is 228 g/mol. The Morgan fingerprint density at radius 3 is 2.81 bits per heavy atom. The van der Waals surface area contributed by atoms with E-state index in [1.54, 1.807) is 0 Å². The van der Waals surface area contributed by atoms with E-state index in [4.69, 9.17) is 9.84 Å². The van der Waals surface area contributed by atoms with E-state index in [9.17, 15) is 9.18 Å². The van der Waals surface area contributed by atoms with Crippen molar-refractivity contribution in [3.8, 4) is 5.75 Å². The number of hydrogen-bond acceptors (Lipinski definition) is 4.